The fourth-order valence-electron chi connectivity index (χ4n) is 1.27. The summed E-state index contributed by atoms with van der Waals surface area (Å²) >= 11 is 17.7. The molecule has 1 aromatic carbocycles. The van der Waals surface area contributed by atoms with Gasteiger partial charge in [0.1, 0.15) is 6.07 Å². The van der Waals surface area contributed by atoms with E-state index in [1.54, 1.807) is 6.07 Å². The summed E-state index contributed by atoms with van der Waals surface area (Å²) in [4.78, 5) is 3.89. The number of nitrogen functional groups attached to an aromatic ring is 1. The van der Waals surface area contributed by atoms with Crippen molar-refractivity contribution >= 4 is 40.7 Å². The molecule has 0 aliphatic carbocycles. The molecule has 0 bridgehead atoms. The lowest BCUT2D eigenvalue weighted by molar-refractivity contribution is 0.594. The first-order valence-corrected chi connectivity index (χ1v) is 5.47. The minimum absolute atomic E-state index is 0.0120. The van der Waals surface area contributed by atoms with Crippen molar-refractivity contribution in [2.75, 3.05) is 5.73 Å². The third-order valence-electron chi connectivity index (χ3n) is 1.98. The maximum Gasteiger partial charge on any atom is 0.233 e. The molecule has 0 spiro atoms. The molecule has 0 aliphatic rings. The zero-order valence-corrected chi connectivity index (χ0v) is 10.4. The van der Waals surface area contributed by atoms with Crippen LogP contribution in [0.25, 0.3) is 11.5 Å². The summed E-state index contributed by atoms with van der Waals surface area (Å²) in [5.74, 6) is 0.00954. The molecule has 1 heterocycles. The van der Waals surface area contributed by atoms with E-state index in [-0.39, 0.29) is 27.5 Å². The Hall–Kier alpha value is -1.41. The van der Waals surface area contributed by atoms with Gasteiger partial charge in [0, 0.05) is 5.02 Å². The zero-order valence-electron chi connectivity index (χ0n) is 8.17. The van der Waals surface area contributed by atoms with Crippen molar-refractivity contribution in [3.8, 4) is 17.5 Å². The second kappa shape index (κ2) is 4.46. The monoisotopic (exact) mass is 287 g/mol. The number of anilines is 1. The number of hydrogen-bond donors (Lipinski definition) is 1. The number of benzene rings is 1. The van der Waals surface area contributed by atoms with Crippen LogP contribution in [0, 0.1) is 11.3 Å². The van der Waals surface area contributed by atoms with Gasteiger partial charge in [-0.15, -0.1) is 0 Å². The van der Waals surface area contributed by atoms with Crippen LogP contribution in [0.4, 0.5) is 5.88 Å². The van der Waals surface area contributed by atoms with Gasteiger partial charge in [-0.3, -0.25) is 0 Å². The van der Waals surface area contributed by atoms with Crippen molar-refractivity contribution in [2.24, 2.45) is 0 Å². The van der Waals surface area contributed by atoms with Crippen molar-refractivity contribution in [3.05, 3.63) is 32.9 Å². The Morgan fingerprint density at radius 1 is 1.24 bits per heavy atom. The molecule has 1 aromatic heterocycles. The predicted molar refractivity (Wildman–Crippen MR) is 66.1 cm³/mol. The fraction of sp³-hybridized carbons (Fsp3) is 0. The Morgan fingerprint density at radius 3 is 2.29 bits per heavy atom. The Labute approximate surface area is 112 Å². The molecule has 2 rings (SSSR count). The summed E-state index contributed by atoms with van der Waals surface area (Å²) in [5, 5.41) is 9.66. The number of nitrogens with two attached hydrogens (primary N) is 1. The molecule has 0 amide bonds. The standard InChI is InChI=1S/C10H4Cl3N3O/c11-4-1-5(12)8(6(13)2-4)10-16-7(3-14)9(15)17-10/h1-2H,15H2. The molecule has 0 aliphatic heterocycles. The third-order valence-corrected chi connectivity index (χ3v) is 2.79. The summed E-state index contributed by atoms with van der Waals surface area (Å²) in [6.07, 6.45) is 0. The Balaban J connectivity index is 2.65. The van der Waals surface area contributed by atoms with E-state index < -0.39 is 0 Å². The molecule has 2 N–H and O–H groups in total. The number of nitriles is 1. The predicted octanol–water partition coefficient (Wildman–Crippen LogP) is 3.76. The molecular weight excluding hydrogens is 284 g/mol. The molecule has 0 unspecified atom stereocenters. The van der Waals surface area contributed by atoms with Crippen LogP contribution in [0.15, 0.2) is 16.5 Å². The van der Waals surface area contributed by atoms with Crippen LogP contribution >= 0.6 is 34.8 Å². The van der Waals surface area contributed by atoms with Crippen LogP contribution in [-0.2, 0) is 0 Å². The van der Waals surface area contributed by atoms with Gasteiger partial charge in [0.2, 0.25) is 17.5 Å². The van der Waals surface area contributed by atoms with E-state index in [0.29, 0.717) is 10.6 Å². The highest BCUT2D eigenvalue weighted by Gasteiger charge is 2.18. The van der Waals surface area contributed by atoms with Crippen molar-refractivity contribution in [1.82, 2.24) is 4.98 Å². The highest BCUT2D eigenvalue weighted by molar-refractivity contribution is 6.41. The lowest BCUT2D eigenvalue weighted by Gasteiger charge is -2.03. The van der Waals surface area contributed by atoms with Crippen LogP contribution in [0.3, 0.4) is 0 Å². The van der Waals surface area contributed by atoms with Gasteiger partial charge < -0.3 is 10.2 Å². The van der Waals surface area contributed by atoms with Crippen LogP contribution in [0.2, 0.25) is 15.1 Å². The van der Waals surface area contributed by atoms with Crippen LogP contribution in [0.5, 0.6) is 0 Å². The first-order chi connectivity index (χ1) is 8.02. The van der Waals surface area contributed by atoms with Crippen molar-refractivity contribution < 1.29 is 4.42 Å². The highest BCUT2D eigenvalue weighted by Crippen LogP contribution is 2.37. The number of halogens is 3. The van der Waals surface area contributed by atoms with Gasteiger partial charge in [-0.25, -0.2) is 0 Å². The molecule has 17 heavy (non-hydrogen) atoms. The first-order valence-electron chi connectivity index (χ1n) is 4.34. The highest BCUT2D eigenvalue weighted by atomic mass is 35.5. The van der Waals surface area contributed by atoms with Gasteiger partial charge in [0.25, 0.3) is 0 Å². The Morgan fingerprint density at radius 2 is 1.82 bits per heavy atom. The van der Waals surface area contributed by atoms with Crippen LogP contribution in [0.1, 0.15) is 5.69 Å². The number of aromatic nitrogens is 1. The topological polar surface area (TPSA) is 75.8 Å². The van der Waals surface area contributed by atoms with Crippen LogP contribution in [-0.4, -0.2) is 4.98 Å². The molecule has 0 saturated heterocycles. The van der Waals surface area contributed by atoms with Gasteiger partial charge >= 0.3 is 0 Å². The molecule has 2 aromatic rings. The van der Waals surface area contributed by atoms with E-state index in [1.165, 1.54) is 12.1 Å². The van der Waals surface area contributed by atoms with E-state index in [0.717, 1.165) is 0 Å². The van der Waals surface area contributed by atoms with E-state index in [9.17, 15) is 0 Å². The number of nitrogens with zero attached hydrogens (tertiary/aromatic N) is 2. The van der Waals surface area contributed by atoms with Gasteiger partial charge in [0.05, 0.1) is 15.6 Å². The van der Waals surface area contributed by atoms with Crippen molar-refractivity contribution in [2.45, 2.75) is 0 Å². The quantitative estimate of drug-likeness (QED) is 0.867. The smallest absolute Gasteiger partial charge is 0.233 e. The zero-order chi connectivity index (χ0) is 12.6. The molecule has 0 fully saturated rings. The maximum absolute atomic E-state index is 8.72. The van der Waals surface area contributed by atoms with Crippen molar-refractivity contribution in [1.29, 1.82) is 5.26 Å². The van der Waals surface area contributed by atoms with E-state index in [4.69, 9.17) is 50.2 Å². The van der Waals surface area contributed by atoms with E-state index in [2.05, 4.69) is 4.98 Å². The fourth-order valence-corrected chi connectivity index (χ4v) is 2.24. The minimum atomic E-state index is -0.0791. The van der Waals surface area contributed by atoms with E-state index >= 15 is 0 Å². The number of oxazole rings is 1. The molecule has 7 heteroatoms. The lowest BCUT2D eigenvalue weighted by Crippen LogP contribution is -1.84. The van der Waals surface area contributed by atoms with Gasteiger partial charge in [-0.2, -0.15) is 10.2 Å². The van der Waals surface area contributed by atoms with Gasteiger partial charge in [-0.05, 0) is 12.1 Å². The Kier molecular flexibility index (Phi) is 3.16. The normalized spacial score (nSPS) is 10.2. The summed E-state index contributed by atoms with van der Waals surface area (Å²) in [6.45, 7) is 0. The summed E-state index contributed by atoms with van der Waals surface area (Å²) in [6, 6.07) is 4.79. The SMILES string of the molecule is N#Cc1nc(-c2c(Cl)cc(Cl)cc2Cl)oc1N. The molecule has 4 nitrogen and oxygen atoms in total. The Bertz CT molecular complexity index is 607. The van der Waals surface area contributed by atoms with Crippen LogP contribution < -0.4 is 5.73 Å². The molecular formula is C10H4Cl3N3O. The second-order valence-electron chi connectivity index (χ2n) is 3.09. The minimum Gasteiger partial charge on any atom is -0.419 e. The third kappa shape index (κ3) is 2.18. The molecule has 86 valence electrons. The van der Waals surface area contributed by atoms with Crippen molar-refractivity contribution in [3.63, 3.8) is 0 Å². The molecule has 0 radical (unpaired) electrons. The van der Waals surface area contributed by atoms with Gasteiger partial charge in [0.15, 0.2) is 0 Å². The van der Waals surface area contributed by atoms with E-state index in [1.807, 2.05) is 0 Å². The largest absolute Gasteiger partial charge is 0.419 e. The number of hydrogen-bond acceptors (Lipinski definition) is 4. The summed E-state index contributed by atoms with van der Waals surface area (Å²) < 4.78 is 5.13. The second-order valence-corrected chi connectivity index (χ2v) is 4.34. The lowest BCUT2D eigenvalue weighted by atomic mass is 10.2. The number of rotatable bonds is 1. The average Bonchev–Trinajstić information content (AvgIpc) is 2.57. The summed E-state index contributed by atoms with van der Waals surface area (Å²) in [5.41, 5.74) is 5.80. The average molecular weight is 289 g/mol. The maximum atomic E-state index is 8.72. The summed E-state index contributed by atoms with van der Waals surface area (Å²) in [7, 11) is 0. The first kappa shape index (κ1) is 12.1. The van der Waals surface area contributed by atoms with Gasteiger partial charge in [-0.1, -0.05) is 34.8 Å². The molecule has 0 atom stereocenters. The molecule has 0 saturated carbocycles.